The number of aromatic amines is 2. The zero-order valence-corrected chi connectivity index (χ0v) is 13.3. The number of pyridine rings is 1. The minimum atomic E-state index is -3.47. The van der Waals surface area contributed by atoms with Gasteiger partial charge in [0, 0.05) is 34.5 Å². The Morgan fingerprint density at radius 2 is 2.29 bits per heavy atom. The van der Waals surface area contributed by atoms with E-state index in [1.54, 1.807) is 18.5 Å². The molecular formula is C15H13F2N3O3S. The van der Waals surface area contributed by atoms with E-state index < -0.39 is 23.7 Å². The first-order valence-corrected chi connectivity index (χ1v) is 7.99. The summed E-state index contributed by atoms with van der Waals surface area (Å²) in [6.45, 7) is 0.0741. The molecule has 3 aromatic rings. The number of halogens is 2. The highest BCUT2D eigenvalue weighted by Crippen LogP contribution is 2.43. The Bertz CT molecular complexity index is 974. The number of rotatable bonds is 2. The van der Waals surface area contributed by atoms with Crippen molar-refractivity contribution in [1.29, 1.82) is 0 Å². The van der Waals surface area contributed by atoms with Crippen molar-refractivity contribution in [1.82, 2.24) is 15.2 Å². The van der Waals surface area contributed by atoms with Crippen molar-refractivity contribution in [3.63, 3.8) is 0 Å². The van der Waals surface area contributed by atoms with Gasteiger partial charge in [0.25, 0.3) is 11.5 Å². The molecule has 0 fully saturated rings. The fraction of sp³-hybridized carbons (Fsp3) is 0.333. The summed E-state index contributed by atoms with van der Waals surface area (Å²) in [6, 6.07) is 1.74. The Hall–Kier alpha value is -2.10. The third kappa shape index (κ3) is 2.05. The lowest BCUT2D eigenvalue weighted by Crippen LogP contribution is -2.51. The van der Waals surface area contributed by atoms with Crippen LogP contribution in [0.15, 0.2) is 23.3 Å². The molecule has 0 bridgehead atoms. The molecule has 4 heterocycles. The van der Waals surface area contributed by atoms with Crippen LogP contribution in [-0.2, 0) is 16.9 Å². The van der Waals surface area contributed by atoms with Gasteiger partial charge in [-0.3, -0.25) is 9.89 Å². The van der Waals surface area contributed by atoms with Crippen LogP contribution in [0.1, 0.15) is 18.2 Å². The highest BCUT2D eigenvalue weighted by Gasteiger charge is 2.54. The lowest BCUT2D eigenvalue weighted by Gasteiger charge is -2.37. The van der Waals surface area contributed by atoms with Crippen LogP contribution in [0.4, 0.5) is 8.78 Å². The Balaban J connectivity index is 2.01. The van der Waals surface area contributed by atoms with Crippen molar-refractivity contribution in [3.8, 4) is 10.4 Å². The predicted molar refractivity (Wildman–Crippen MR) is 84.2 cm³/mol. The maximum absolute atomic E-state index is 14.0. The van der Waals surface area contributed by atoms with Gasteiger partial charge in [-0.1, -0.05) is 0 Å². The summed E-state index contributed by atoms with van der Waals surface area (Å²) >= 11 is 1.23. The molecule has 3 N–H and O–H groups in total. The van der Waals surface area contributed by atoms with Gasteiger partial charge in [-0.2, -0.15) is 5.10 Å². The van der Waals surface area contributed by atoms with Gasteiger partial charge in [0.05, 0.1) is 25.1 Å². The van der Waals surface area contributed by atoms with E-state index in [1.807, 2.05) is 0 Å². The molecule has 0 aliphatic carbocycles. The molecular weight excluding hydrogens is 340 g/mol. The fourth-order valence-corrected chi connectivity index (χ4v) is 3.98. The molecule has 0 radical (unpaired) electrons. The number of alkyl halides is 2. The van der Waals surface area contributed by atoms with Crippen LogP contribution in [0.3, 0.4) is 0 Å². The molecule has 1 unspecified atom stereocenters. The van der Waals surface area contributed by atoms with Gasteiger partial charge in [0.15, 0.2) is 5.60 Å². The predicted octanol–water partition coefficient (Wildman–Crippen LogP) is 2.35. The van der Waals surface area contributed by atoms with E-state index in [1.165, 1.54) is 11.3 Å². The number of ether oxygens (including phenoxy) is 1. The first-order valence-electron chi connectivity index (χ1n) is 7.17. The summed E-state index contributed by atoms with van der Waals surface area (Å²) in [5.74, 6) is -3.47. The SMILES string of the molecule is CC(F)(F)C1(O)COCc2c1[nH]c(=O)c1sc(-c3cn[nH]c3)cc21. The summed E-state index contributed by atoms with van der Waals surface area (Å²) in [5, 5.41) is 17.5. The van der Waals surface area contributed by atoms with E-state index in [4.69, 9.17) is 4.74 Å². The molecule has 0 saturated heterocycles. The molecule has 24 heavy (non-hydrogen) atoms. The van der Waals surface area contributed by atoms with E-state index in [-0.39, 0.29) is 12.3 Å². The van der Waals surface area contributed by atoms with Crippen molar-refractivity contribution >= 4 is 21.4 Å². The Morgan fingerprint density at radius 1 is 1.50 bits per heavy atom. The fourth-order valence-electron chi connectivity index (χ4n) is 2.91. The molecule has 126 valence electrons. The van der Waals surface area contributed by atoms with Crippen molar-refractivity contribution in [2.24, 2.45) is 0 Å². The maximum Gasteiger partial charge on any atom is 0.281 e. The van der Waals surface area contributed by atoms with E-state index in [0.717, 1.165) is 10.4 Å². The highest BCUT2D eigenvalue weighted by molar-refractivity contribution is 7.22. The second kappa shape index (κ2) is 4.95. The molecule has 0 amide bonds. The normalized spacial score (nSPS) is 21.2. The smallest absolute Gasteiger partial charge is 0.281 e. The first-order chi connectivity index (χ1) is 11.3. The van der Waals surface area contributed by atoms with Gasteiger partial charge >= 0.3 is 0 Å². The summed E-state index contributed by atoms with van der Waals surface area (Å²) in [6.07, 6.45) is 3.29. The number of nitrogens with zero attached hydrogens (tertiary/aromatic N) is 1. The Labute approximate surface area is 138 Å². The number of aliphatic hydroxyl groups is 1. The number of nitrogens with one attached hydrogen (secondary N) is 2. The molecule has 0 aromatic carbocycles. The molecule has 1 aliphatic heterocycles. The van der Waals surface area contributed by atoms with Crippen LogP contribution in [0.25, 0.3) is 20.5 Å². The second-order valence-corrected chi connectivity index (χ2v) is 6.94. The standard InChI is InChI=1S/C15H13F2N3O3S/c1-14(16,17)15(22)6-23-5-9-8-2-10(7-3-18-19-4-7)24-11(8)13(21)20-12(9)15/h2-4,22H,5-6H2,1H3,(H,18,19)(H,20,21). The summed E-state index contributed by atoms with van der Waals surface area (Å²) in [5.41, 5.74) is -2.07. The van der Waals surface area contributed by atoms with Gasteiger partial charge in [0.2, 0.25) is 0 Å². The van der Waals surface area contributed by atoms with Crippen LogP contribution in [-0.4, -0.2) is 32.8 Å². The average molecular weight is 353 g/mol. The average Bonchev–Trinajstić information content (AvgIpc) is 3.16. The summed E-state index contributed by atoms with van der Waals surface area (Å²) in [4.78, 5) is 15.6. The van der Waals surface area contributed by atoms with Crippen LogP contribution in [0.5, 0.6) is 0 Å². The number of fused-ring (bicyclic) bond motifs is 3. The molecule has 0 saturated carbocycles. The van der Waals surface area contributed by atoms with E-state index >= 15 is 0 Å². The number of aromatic nitrogens is 3. The minimum absolute atomic E-state index is 0.0442. The quantitative estimate of drug-likeness (QED) is 0.660. The van der Waals surface area contributed by atoms with E-state index in [9.17, 15) is 18.7 Å². The van der Waals surface area contributed by atoms with Crippen LogP contribution >= 0.6 is 11.3 Å². The third-order valence-electron chi connectivity index (χ3n) is 4.28. The van der Waals surface area contributed by atoms with Crippen LogP contribution in [0, 0.1) is 0 Å². The number of hydrogen-bond donors (Lipinski definition) is 3. The first kappa shape index (κ1) is 15.4. The molecule has 3 aromatic heterocycles. The van der Waals surface area contributed by atoms with Crippen molar-refractivity contribution in [2.75, 3.05) is 6.61 Å². The monoisotopic (exact) mass is 353 g/mol. The highest BCUT2D eigenvalue weighted by atomic mass is 32.1. The molecule has 1 aliphatic rings. The zero-order valence-electron chi connectivity index (χ0n) is 12.5. The van der Waals surface area contributed by atoms with Crippen molar-refractivity contribution < 1.29 is 18.6 Å². The molecule has 6 nitrogen and oxygen atoms in total. The molecule has 9 heteroatoms. The largest absolute Gasteiger partial charge is 0.376 e. The van der Waals surface area contributed by atoms with Crippen LogP contribution < -0.4 is 5.56 Å². The minimum Gasteiger partial charge on any atom is -0.376 e. The summed E-state index contributed by atoms with van der Waals surface area (Å²) < 4.78 is 33.6. The summed E-state index contributed by atoms with van der Waals surface area (Å²) in [7, 11) is 0. The number of hydrogen-bond acceptors (Lipinski definition) is 5. The second-order valence-electron chi connectivity index (χ2n) is 5.89. The van der Waals surface area contributed by atoms with Gasteiger partial charge in [0.1, 0.15) is 4.70 Å². The molecule has 4 rings (SSSR count). The van der Waals surface area contributed by atoms with Gasteiger partial charge in [-0.05, 0) is 6.07 Å². The third-order valence-corrected chi connectivity index (χ3v) is 5.47. The molecule has 0 spiro atoms. The van der Waals surface area contributed by atoms with Gasteiger partial charge < -0.3 is 14.8 Å². The lowest BCUT2D eigenvalue weighted by molar-refractivity contribution is -0.214. The van der Waals surface area contributed by atoms with Crippen LogP contribution in [0.2, 0.25) is 0 Å². The number of H-pyrrole nitrogens is 2. The van der Waals surface area contributed by atoms with E-state index in [0.29, 0.717) is 22.6 Å². The van der Waals surface area contributed by atoms with E-state index in [2.05, 4.69) is 15.2 Å². The lowest BCUT2D eigenvalue weighted by atomic mass is 9.87. The van der Waals surface area contributed by atoms with Crippen molar-refractivity contribution in [3.05, 3.63) is 40.1 Å². The zero-order chi connectivity index (χ0) is 17.1. The molecule has 1 atom stereocenters. The topological polar surface area (TPSA) is 91.0 Å². The number of thiophene rings is 1. The Kier molecular flexibility index (Phi) is 3.18. The Morgan fingerprint density at radius 3 is 2.96 bits per heavy atom. The van der Waals surface area contributed by atoms with Crippen molar-refractivity contribution in [2.45, 2.75) is 25.1 Å². The van der Waals surface area contributed by atoms with Gasteiger partial charge in [-0.15, -0.1) is 11.3 Å². The van der Waals surface area contributed by atoms with Gasteiger partial charge in [-0.25, -0.2) is 8.78 Å². The maximum atomic E-state index is 14.0.